The van der Waals surface area contributed by atoms with E-state index in [9.17, 15) is 0 Å². The molecule has 0 aromatic carbocycles. The van der Waals surface area contributed by atoms with Crippen LogP contribution < -0.4 is 0 Å². The largest absolute Gasteiger partial charge is 0.289 e. The third-order valence-electron chi connectivity index (χ3n) is 1.27. The normalized spacial score (nSPS) is 12.9. The highest BCUT2D eigenvalue weighted by atomic mass is 31.0. The lowest BCUT2D eigenvalue weighted by molar-refractivity contribution is 0.815. The summed E-state index contributed by atoms with van der Waals surface area (Å²) in [6, 6.07) is 0. The molecule has 2 heteroatoms. The Kier molecular flexibility index (Phi) is 6.84. The fourth-order valence-electron chi connectivity index (χ4n) is 0.601. The van der Waals surface area contributed by atoms with Crippen molar-refractivity contribution in [1.82, 2.24) is 0 Å². The first kappa shape index (κ1) is 9.84. The first-order chi connectivity index (χ1) is 4.81. The molecule has 0 N–H and O–H groups in total. The Morgan fingerprint density at radius 1 is 1.60 bits per heavy atom. The summed E-state index contributed by atoms with van der Waals surface area (Å²) in [6.07, 6.45) is 7.92. The maximum absolute atomic E-state index is 3.98. The third kappa shape index (κ3) is 5.97. The molecule has 1 unspecified atom stereocenters. The van der Waals surface area contributed by atoms with Gasteiger partial charge in [0.15, 0.2) is 0 Å². The highest BCUT2D eigenvalue weighted by Gasteiger charge is 1.79. The van der Waals surface area contributed by atoms with Crippen molar-refractivity contribution in [2.75, 3.05) is 7.05 Å². The molecule has 0 radical (unpaired) electrons. The monoisotopic (exact) mass is 157 g/mol. The number of hydrogen-bond acceptors (Lipinski definition) is 1. The summed E-state index contributed by atoms with van der Waals surface area (Å²) < 4.78 is 0. The van der Waals surface area contributed by atoms with Crippen LogP contribution in [0.5, 0.6) is 0 Å². The second kappa shape index (κ2) is 6.95. The smallest absolute Gasteiger partial charge is 0.0507 e. The second-order valence-electron chi connectivity index (χ2n) is 2.19. The Morgan fingerprint density at radius 2 is 2.30 bits per heavy atom. The molecule has 58 valence electrons. The van der Waals surface area contributed by atoms with Gasteiger partial charge in [-0.1, -0.05) is 35.1 Å². The van der Waals surface area contributed by atoms with Crippen LogP contribution in [-0.2, 0) is 0 Å². The van der Waals surface area contributed by atoms with Crippen molar-refractivity contribution in [3.63, 3.8) is 0 Å². The Labute approximate surface area is 65.8 Å². The molecule has 0 rings (SSSR count). The van der Waals surface area contributed by atoms with E-state index in [4.69, 9.17) is 0 Å². The van der Waals surface area contributed by atoms with E-state index >= 15 is 0 Å². The van der Waals surface area contributed by atoms with Gasteiger partial charge in [-0.15, -0.1) is 0 Å². The van der Waals surface area contributed by atoms with Gasteiger partial charge in [0.05, 0.1) is 5.45 Å². The van der Waals surface area contributed by atoms with E-state index in [1.165, 1.54) is 19.3 Å². The molecule has 0 saturated carbocycles. The fraction of sp³-hybridized carbons (Fsp3) is 0.625. The highest BCUT2D eigenvalue weighted by Crippen LogP contribution is 1.97. The average molecular weight is 157 g/mol. The van der Waals surface area contributed by atoms with Crippen LogP contribution in [0.15, 0.2) is 17.1 Å². The molecule has 1 nitrogen and oxygen atoms in total. The molecule has 0 amide bonds. The number of aliphatic imine (C=N–C) groups is 1. The fourth-order valence-corrected chi connectivity index (χ4v) is 0.737. The van der Waals surface area contributed by atoms with Gasteiger partial charge in [0.25, 0.3) is 0 Å². The summed E-state index contributed by atoms with van der Waals surface area (Å²) >= 11 is 0. The molecule has 0 fully saturated rings. The predicted molar refractivity (Wildman–Crippen MR) is 51.7 cm³/mol. The topological polar surface area (TPSA) is 12.4 Å². The molecule has 0 heterocycles. The molecule has 0 bridgehead atoms. The first-order valence-electron chi connectivity index (χ1n) is 3.70. The van der Waals surface area contributed by atoms with Crippen LogP contribution in [-0.4, -0.2) is 12.5 Å². The zero-order valence-corrected chi connectivity index (χ0v) is 7.96. The lowest BCUT2D eigenvalue weighted by atomic mass is 10.2. The van der Waals surface area contributed by atoms with Crippen molar-refractivity contribution in [2.45, 2.75) is 26.2 Å². The van der Waals surface area contributed by atoms with Gasteiger partial charge in [-0.05, 0) is 12.5 Å². The van der Waals surface area contributed by atoms with E-state index < -0.39 is 0 Å². The average Bonchev–Trinajstić information content (AvgIpc) is 1.98. The molecule has 0 aliphatic rings. The molecule has 0 aromatic rings. The highest BCUT2D eigenvalue weighted by molar-refractivity contribution is 7.41. The predicted octanol–water partition coefficient (Wildman–Crippen LogP) is 2.64. The van der Waals surface area contributed by atoms with Crippen molar-refractivity contribution >= 4 is 14.7 Å². The van der Waals surface area contributed by atoms with E-state index in [1.807, 2.05) is 6.08 Å². The van der Waals surface area contributed by atoms with Crippen molar-refractivity contribution in [1.29, 1.82) is 0 Å². The summed E-state index contributed by atoms with van der Waals surface area (Å²) in [4.78, 5) is 3.98. The summed E-state index contributed by atoms with van der Waals surface area (Å²) in [6.45, 7) is 2.20. The van der Waals surface area contributed by atoms with Crippen LogP contribution >= 0.6 is 9.24 Å². The molecule has 0 spiro atoms. The van der Waals surface area contributed by atoms with E-state index in [-0.39, 0.29) is 0 Å². The van der Waals surface area contributed by atoms with Crippen molar-refractivity contribution in [3.8, 4) is 0 Å². The van der Waals surface area contributed by atoms with Crippen LogP contribution in [0.25, 0.3) is 0 Å². The summed E-state index contributed by atoms with van der Waals surface area (Å²) in [5.41, 5.74) is 1.02. The van der Waals surface area contributed by atoms with Crippen LogP contribution in [0.4, 0.5) is 0 Å². The number of rotatable bonds is 4. The molecule has 0 aliphatic heterocycles. The van der Waals surface area contributed by atoms with E-state index in [0.717, 1.165) is 5.45 Å². The third-order valence-corrected chi connectivity index (χ3v) is 1.72. The van der Waals surface area contributed by atoms with Gasteiger partial charge in [0, 0.05) is 7.05 Å². The maximum atomic E-state index is 3.98. The van der Waals surface area contributed by atoms with E-state index in [2.05, 4.69) is 27.2 Å². The van der Waals surface area contributed by atoms with E-state index in [0.29, 0.717) is 0 Å². The van der Waals surface area contributed by atoms with Crippen LogP contribution in [0, 0.1) is 0 Å². The number of unbranched alkanes of at least 4 members (excludes halogenated alkanes) is 2. The van der Waals surface area contributed by atoms with Crippen molar-refractivity contribution < 1.29 is 0 Å². The molecular formula is C8H16NP. The minimum atomic E-state index is 1.02. The molecule has 0 aromatic heterocycles. The Bertz CT molecular complexity index is 127. The second-order valence-corrected chi connectivity index (χ2v) is 2.78. The maximum Gasteiger partial charge on any atom is 0.0507 e. The quantitative estimate of drug-likeness (QED) is 0.338. The zero-order valence-electron chi connectivity index (χ0n) is 6.80. The summed E-state index contributed by atoms with van der Waals surface area (Å²) in [5, 5.41) is 0. The number of hydrogen-bond donors (Lipinski definition) is 0. The molecule has 10 heavy (non-hydrogen) atoms. The summed E-state index contributed by atoms with van der Waals surface area (Å²) in [7, 11) is 4.38. The van der Waals surface area contributed by atoms with E-state index in [1.54, 1.807) is 7.05 Å². The Balaban J connectivity index is 3.37. The number of allylic oxidation sites excluding steroid dienone is 2. The van der Waals surface area contributed by atoms with Crippen LogP contribution in [0.3, 0.4) is 0 Å². The van der Waals surface area contributed by atoms with Gasteiger partial charge in [-0.2, -0.15) is 0 Å². The van der Waals surface area contributed by atoms with Crippen molar-refractivity contribution in [3.05, 3.63) is 12.2 Å². The lowest BCUT2D eigenvalue weighted by Gasteiger charge is -1.88. The first-order valence-corrected chi connectivity index (χ1v) is 4.27. The van der Waals surface area contributed by atoms with Gasteiger partial charge in [0.1, 0.15) is 0 Å². The number of nitrogens with zero attached hydrogens (tertiary/aromatic N) is 1. The van der Waals surface area contributed by atoms with Gasteiger partial charge >= 0.3 is 0 Å². The van der Waals surface area contributed by atoms with Gasteiger partial charge < -0.3 is 0 Å². The minimum absolute atomic E-state index is 1.02. The van der Waals surface area contributed by atoms with Gasteiger partial charge in [0.2, 0.25) is 0 Å². The van der Waals surface area contributed by atoms with Gasteiger partial charge in [-0.3, -0.25) is 4.99 Å². The zero-order chi connectivity index (χ0) is 7.82. The Hall–Kier alpha value is -0.160. The van der Waals surface area contributed by atoms with Crippen molar-refractivity contribution in [2.24, 2.45) is 4.99 Å². The standard InChI is InChI=1S/C8H16NP/c1-3-4-5-6-7-8(10)9-2/h6-7H,3-5,10H2,1-2H3/b7-6-,9-8?. The molecular weight excluding hydrogens is 141 g/mol. The lowest BCUT2D eigenvalue weighted by Crippen LogP contribution is -1.76. The summed E-state index contributed by atoms with van der Waals surface area (Å²) in [5.74, 6) is 0. The van der Waals surface area contributed by atoms with Crippen LogP contribution in [0.1, 0.15) is 26.2 Å². The molecule has 0 saturated heterocycles. The molecule has 1 atom stereocenters. The SMILES string of the molecule is CCCC/C=C\C(P)=NC. The van der Waals surface area contributed by atoms with Crippen LogP contribution in [0.2, 0.25) is 0 Å². The van der Waals surface area contributed by atoms with Gasteiger partial charge in [-0.25, -0.2) is 0 Å². The minimum Gasteiger partial charge on any atom is -0.289 e. The molecule has 0 aliphatic carbocycles. The Morgan fingerprint density at radius 3 is 2.80 bits per heavy atom.